The molecule has 0 aliphatic rings. The maximum atomic E-state index is 4.57. The first-order valence-electron chi connectivity index (χ1n) is 8.56. The third-order valence-electron chi connectivity index (χ3n) is 4.24. The molecule has 0 fully saturated rings. The van der Waals surface area contributed by atoms with Gasteiger partial charge in [-0.15, -0.1) is 0 Å². The maximum absolute atomic E-state index is 4.57. The van der Waals surface area contributed by atoms with Crippen molar-refractivity contribution in [3.8, 4) is 0 Å². The van der Waals surface area contributed by atoms with Crippen LogP contribution in [0.1, 0.15) is 44.6 Å². The number of nitrogens with zero attached hydrogens (tertiary/aromatic N) is 1. The molecule has 0 radical (unpaired) electrons. The fourth-order valence-electron chi connectivity index (χ4n) is 3.52. The van der Waals surface area contributed by atoms with Crippen molar-refractivity contribution in [2.75, 3.05) is 0 Å². The number of rotatable bonds is 4. The fraction of sp³-hybridized carbons (Fsp3) is 0.261. The van der Waals surface area contributed by atoms with Crippen LogP contribution in [-0.4, -0.2) is 4.98 Å². The number of benzene rings is 2. The number of aryl methyl sites for hydroxylation is 4. The molecule has 0 spiro atoms. The van der Waals surface area contributed by atoms with Crippen LogP contribution >= 0.6 is 0 Å². The molecule has 0 saturated carbocycles. The van der Waals surface area contributed by atoms with Gasteiger partial charge in [0, 0.05) is 18.3 Å². The summed E-state index contributed by atoms with van der Waals surface area (Å²) in [5, 5.41) is 0. The highest BCUT2D eigenvalue weighted by molar-refractivity contribution is 5.35. The van der Waals surface area contributed by atoms with Gasteiger partial charge in [-0.1, -0.05) is 58.7 Å². The topological polar surface area (TPSA) is 12.9 Å². The average molecular weight is 315 g/mol. The van der Waals surface area contributed by atoms with Gasteiger partial charge in [0.1, 0.15) is 0 Å². The molecule has 3 rings (SSSR count). The smallest absolute Gasteiger partial charge is 0.0450 e. The van der Waals surface area contributed by atoms with Crippen molar-refractivity contribution < 1.29 is 0 Å². The fourth-order valence-corrected chi connectivity index (χ4v) is 3.52. The summed E-state index contributed by atoms with van der Waals surface area (Å²) in [4.78, 5) is 4.57. The Kier molecular flexibility index (Phi) is 4.80. The Morgan fingerprint density at radius 3 is 1.62 bits per heavy atom. The van der Waals surface area contributed by atoms with Gasteiger partial charge in [0.05, 0.1) is 0 Å². The monoisotopic (exact) mass is 315 g/mol. The molecule has 1 heterocycles. The SMILES string of the molecule is Cc1cc(C)cc(Cc2ccnc(Cc3cc(C)cc(C)c3)c2)c1. The van der Waals surface area contributed by atoms with Gasteiger partial charge in [-0.2, -0.15) is 0 Å². The third kappa shape index (κ3) is 4.32. The summed E-state index contributed by atoms with van der Waals surface area (Å²) in [6.45, 7) is 8.63. The van der Waals surface area contributed by atoms with Gasteiger partial charge >= 0.3 is 0 Å². The van der Waals surface area contributed by atoms with Crippen LogP contribution in [0.25, 0.3) is 0 Å². The molecule has 0 N–H and O–H groups in total. The van der Waals surface area contributed by atoms with Gasteiger partial charge in [-0.25, -0.2) is 0 Å². The summed E-state index contributed by atoms with van der Waals surface area (Å²) < 4.78 is 0. The van der Waals surface area contributed by atoms with E-state index in [-0.39, 0.29) is 0 Å². The maximum Gasteiger partial charge on any atom is 0.0450 e. The zero-order valence-corrected chi connectivity index (χ0v) is 15.1. The zero-order chi connectivity index (χ0) is 17.1. The standard InChI is InChI=1S/C23H25N/c1-16-7-17(2)10-21(9-16)13-20-5-6-24-23(14-20)15-22-11-18(3)8-19(4)12-22/h5-12,14H,13,15H2,1-4H3. The quantitative estimate of drug-likeness (QED) is 0.620. The van der Waals surface area contributed by atoms with E-state index >= 15 is 0 Å². The molecule has 0 amide bonds. The minimum atomic E-state index is 0.892. The second-order valence-electron chi connectivity index (χ2n) is 7.00. The molecule has 0 aliphatic carbocycles. The predicted molar refractivity (Wildman–Crippen MR) is 102 cm³/mol. The summed E-state index contributed by atoms with van der Waals surface area (Å²) in [6.07, 6.45) is 3.80. The van der Waals surface area contributed by atoms with Crippen LogP contribution in [-0.2, 0) is 12.8 Å². The van der Waals surface area contributed by atoms with Crippen molar-refractivity contribution in [2.45, 2.75) is 40.5 Å². The summed E-state index contributed by atoms with van der Waals surface area (Å²) in [7, 11) is 0. The minimum absolute atomic E-state index is 0.892. The molecule has 0 aliphatic heterocycles. The largest absolute Gasteiger partial charge is 0.261 e. The van der Waals surface area contributed by atoms with E-state index in [4.69, 9.17) is 0 Å². The van der Waals surface area contributed by atoms with Gasteiger partial charge in [-0.3, -0.25) is 4.98 Å². The van der Waals surface area contributed by atoms with Crippen molar-refractivity contribution in [1.82, 2.24) is 4.98 Å². The normalized spacial score (nSPS) is 10.8. The zero-order valence-electron chi connectivity index (χ0n) is 15.1. The Hall–Kier alpha value is -2.41. The van der Waals surface area contributed by atoms with Crippen molar-refractivity contribution in [3.05, 3.63) is 99.4 Å². The van der Waals surface area contributed by atoms with Crippen molar-refractivity contribution in [1.29, 1.82) is 0 Å². The lowest BCUT2D eigenvalue weighted by atomic mass is 9.99. The Morgan fingerprint density at radius 1 is 0.583 bits per heavy atom. The average Bonchev–Trinajstić information content (AvgIpc) is 2.45. The van der Waals surface area contributed by atoms with Gasteiger partial charge in [0.15, 0.2) is 0 Å². The summed E-state index contributed by atoms with van der Waals surface area (Å²) in [6, 6.07) is 17.9. The highest BCUT2D eigenvalue weighted by Crippen LogP contribution is 2.17. The van der Waals surface area contributed by atoms with Gasteiger partial charge in [0.2, 0.25) is 0 Å². The Morgan fingerprint density at radius 2 is 1.08 bits per heavy atom. The van der Waals surface area contributed by atoms with E-state index < -0.39 is 0 Å². The highest BCUT2D eigenvalue weighted by Gasteiger charge is 2.03. The summed E-state index contributed by atoms with van der Waals surface area (Å²) in [5.41, 5.74) is 10.5. The molecule has 2 aromatic carbocycles. The van der Waals surface area contributed by atoms with E-state index in [2.05, 4.69) is 81.2 Å². The lowest BCUT2D eigenvalue weighted by molar-refractivity contribution is 1.04. The number of hydrogen-bond donors (Lipinski definition) is 0. The van der Waals surface area contributed by atoms with Crippen LogP contribution in [0.3, 0.4) is 0 Å². The van der Waals surface area contributed by atoms with Crippen LogP contribution in [0.5, 0.6) is 0 Å². The molecule has 3 aromatic rings. The minimum Gasteiger partial charge on any atom is -0.261 e. The molecule has 0 saturated heterocycles. The van der Waals surface area contributed by atoms with Crippen molar-refractivity contribution in [3.63, 3.8) is 0 Å². The first kappa shape index (κ1) is 16.4. The number of hydrogen-bond acceptors (Lipinski definition) is 1. The third-order valence-corrected chi connectivity index (χ3v) is 4.24. The van der Waals surface area contributed by atoms with Crippen LogP contribution in [0.4, 0.5) is 0 Å². The first-order valence-corrected chi connectivity index (χ1v) is 8.56. The predicted octanol–water partition coefficient (Wildman–Crippen LogP) is 5.50. The molecule has 1 aromatic heterocycles. The molecule has 122 valence electrons. The van der Waals surface area contributed by atoms with E-state index in [1.807, 2.05) is 6.20 Å². The van der Waals surface area contributed by atoms with Crippen LogP contribution < -0.4 is 0 Å². The Balaban J connectivity index is 1.81. The van der Waals surface area contributed by atoms with Crippen LogP contribution in [0, 0.1) is 27.7 Å². The molecule has 1 nitrogen and oxygen atoms in total. The molecule has 0 unspecified atom stereocenters. The second kappa shape index (κ2) is 7.00. The molecule has 1 heteroatoms. The first-order chi connectivity index (χ1) is 11.5. The summed E-state index contributed by atoms with van der Waals surface area (Å²) >= 11 is 0. The molecule has 0 bridgehead atoms. The molecule has 24 heavy (non-hydrogen) atoms. The molecular weight excluding hydrogens is 290 g/mol. The van der Waals surface area contributed by atoms with E-state index in [1.54, 1.807) is 0 Å². The van der Waals surface area contributed by atoms with Crippen LogP contribution in [0.2, 0.25) is 0 Å². The van der Waals surface area contributed by atoms with E-state index in [0.717, 1.165) is 18.5 Å². The molecule has 0 atom stereocenters. The van der Waals surface area contributed by atoms with Gasteiger partial charge < -0.3 is 0 Å². The van der Waals surface area contributed by atoms with Gasteiger partial charge in [0.25, 0.3) is 0 Å². The lowest BCUT2D eigenvalue weighted by Gasteiger charge is -2.08. The Labute approximate surface area is 145 Å². The van der Waals surface area contributed by atoms with E-state index in [1.165, 1.54) is 38.9 Å². The molecular formula is C23H25N. The highest BCUT2D eigenvalue weighted by atomic mass is 14.7. The lowest BCUT2D eigenvalue weighted by Crippen LogP contribution is -1.97. The van der Waals surface area contributed by atoms with Crippen molar-refractivity contribution in [2.24, 2.45) is 0 Å². The summed E-state index contributed by atoms with van der Waals surface area (Å²) in [5.74, 6) is 0. The van der Waals surface area contributed by atoms with Crippen LogP contribution in [0.15, 0.2) is 54.7 Å². The number of aromatic nitrogens is 1. The van der Waals surface area contributed by atoms with Crippen molar-refractivity contribution >= 4 is 0 Å². The Bertz CT molecular complexity index is 752. The second-order valence-corrected chi connectivity index (χ2v) is 7.00. The van der Waals surface area contributed by atoms with E-state index in [0.29, 0.717) is 0 Å². The number of pyridine rings is 1. The van der Waals surface area contributed by atoms with Gasteiger partial charge in [-0.05, 0) is 62.9 Å². The van der Waals surface area contributed by atoms with E-state index in [9.17, 15) is 0 Å².